The van der Waals surface area contributed by atoms with Crippen LogP contribution in [0.2, 0.25) is 0 Å². The quantitative estimate of drug-likeness (QED) is 0.859. The molecule has 0 unspecified atom stereocenters. The maximum absolute atomic E-state index is 13.0. The fourth-order valence-corrected chi connectivity index (χ4v) is 4.00. The van der Waals surface area contributed by atoms with Crippen molar-refractivity contribution >= 4 is 17.8 Å². The molecule has 140 valence electrons. The standard InChI is InChI=1S/C19H24N2O5/c1-20(2)16(22)11-26-15-8-4-3-7-14(15)17(23)21-10-13-6-5-9-19(13,12-21)18(24)25/h3-4,7-8,13H,5-6,9-12H2,1-2H3,(H,24,25)/t13-,19+/m0/s1. The van der Waals surface area contributed by atoms with Gasteiger partial charge in [0.05, 0.1) is 11.0 Å². The average Bonchev–Trinajstić information content (AvgIpc) is 3.17. The van der Waals surface area contributed by atoms with Gasteiger partial charge in [0.25, 0.3) is 11.8 Å². The van der Waals surface area contributed by atoms with Gasteiger partial charge in [0.1, 0.15) is 5.75 Å². The lowest BCUT2D eigenvalue weighted by molar-refractivity contribution is -0.149. The Labute approximate surface area is 152 Å². The van der Waals surface area contributed by atoms with Gasteiger partial charge in [0.15, 0.2) is 6.61 Å². The highest BCUT2D eigenvalue weighted by Gasteiger charge is 2.55. The summed E-state index contributed by atoms with van der Waals surface area (Å²) < 4.78 is 5.55. The summed E-state index contributed by atoms with van der Waals surface area (Å²) in [6, 6.07) is 6.78. The van der Waals surface area contributed by atoms with Crippen LogP contribution in [0, 0.1) is 11.3 Å². The zero-order chi connectivity index (χ0) is 18.9. The largest absolute Gasteiger partial charge is 0.483 e. The minimum Gasteiger partial charge on any atom is -0.483 e. The zero-order valence-corrected chi connectivity index (χ0v) is 15.1. The summed E-state index contributed by atoms with van der Waals surface area (Å²) in [5.74, 6) is -0.904. The first kappa shape index (κ1) is 18.2. The maximum Gasteiger partial charge on any atom is 0.311 e. The van der Waals surface area contributed by atoms with Gasteiger partial charge >= 0.3 is 5.97 Å². The Bertz CT molecular complexity index is 732. The summed E-state index contributed by atoms with van der Waals surface area (Å²) in [7, 11) is 3.27. The number of fused-ring (bicyclic) bond motifs is 1. The third-order valence-electron chi connectivity index (χ3n) is 5.55. The van der Waals surface area contributed by atoms with Gasteiger partial charge in [-0.05, 0) is 30.9 Å². The highest BCUT2D eigenvalue weighted by atomic mass is 16.5. The molecule has 2 aliphatic rings. The van der Waals surface area contributed by atoms with Crippen LogP contribution in [0.15, 0.2) is 24.3 Å². The molecule has 0 radical (unpaired) electrons. The van der Waals surface area contributed by atoms with Gasteiger partial charge < -0.3 is 19.6 Å². The van der Waals surface area contributed by atoms with Crippen molar-refractivity contribution in [1.82, 2.24) is 9.80 Å². The molecule has 1 aromatic carbocycles. The Balaban J connectivity index is 1.77. The fraction of sp³-hybridized carbons (Fsp3) is 0.526. The number of nitrogens with zero attached hydrogens (tertiary/aromatic N) is 2. The van der Waals surface area contributed by atoms with E-state index in [-0.39, 0.29) is 30.9 Å². The van der Waals surface area contributed by atoms with Crippen LogP contribution < -0.4 is 4.74 Å². The normalized spacial score (nSPS) is 24.2. The molecule has 1 N–H and O–H groups in total. The Morgan fingerprint density at radius 2 is 2.04 bits per heavy atom. The van der Waals surface area contributed by atoms with Crippen LogP contribution in [0.25, 0.3) is 0 Å². The van der Waals surface area contributed by atoms with Crippen molar-refractivity contribution in [3.63, 3.8) is 0 Å². The van der Waals surface area contributed by atoms with E-state index < -0.39 is 11.4 Å². The van der Waals surface area contributed by atoms with Crippen molar-refractivity contribution in [2.45, 2.75) is 19.3 Å². The second-order valence-electron chi connectivity index (χ2n) is 7.31. The number of carbonyl (C=O) groups is 3. The lowest BCUT2D eigenvalue weighted by Crippen LogP contribution is -2.37. The molecule has 2 amide bonds. The van der Waals surface area contributed by atoms with Gasteiger partial charge in [-0.1, -0.05) is 18.6 Å². The monoisotopic (exact) mass is 360 g/mol. The van der Waals surface area contributed by atoms with E-state index in [4.69, 9.17) is 4.74 Å². The number of ether oxygens (including phenoxy) is 1. The topological polar surface area (TPSA) is 87.2 Å². The van der Waals surface area contributed by atoms with Gasteiger partial charge in [0.2, 0.25) is 0 Å². The van der Waals surface area contributed by atoms with Crippen LogP contribution in [0.5, 0.6) is 5.75 Å². The summed E-state index contributed by atoms with van der Waals surface area (Å²) in [5.41, 5.74) is -0.452. The number of likely N-dealkylation sites (N-methyl/N-ethyl adjacent to an activating group) is 1. The summed E-state index contributed by atoms with van der Waals surface area (Å²) >= 11 is 0. The number of para-hydroxylation sites is 1. The second-order valence-corrected chi connectivity index (χ2v) is 7.31. The van der Waals surface area contributed by atoms with Crippen molar-refractivity contribution in [1.29, 1.82) is 0 Å². The minimum atomic E-state index is -0.813. The highest BCUT2D eigenvalue weighted by molar-refractivity contribution is 5.98. The molecule has 1 saturated heterocycles. The molecule has 1 heterocycles. The van der Waals surface area contributed by atoms with Gasteiger partial charge in [0, 0.05) is 27.2 Å². The highest BCUT2D eigenvalue weighted by Crippen LogP contribution is 2.49. The fourth-order valence-electron chi connectivity index (χ4n) is 4.00. The van der Waals surface area contributed by atoms with Crippen LogP contribution >= 0.6 is 0 Å². The van der Waals surface area contributed by atoms with Crippen molar-refractivity contribution in [2.24, 2.45) is 11.3 Å². The Kier molecular flexibility index (Phi) is 4.89. The van der Waals surface area contributed by atoms with Crippen molar-refractivity contribution in [3.05, 3.63) is 29.8 Å². The first-order valence-electron chi connectivity index (χ1n) is 8.80. The smallest absolute Gasteiger partial charge is 0.311 e. The van der Waals surface area contributed by atoms with Gasteiger partial charge in [-0.15, -0.1) is 0 Å². The molecule has 7 heteroatoms. The van der Waals surface area contributed by atoms with Crippen molar-refractivity contribution in [2.75, 3.05) is 33.8 Å². The first-order chi connectivity index (χ1) is 12.3. The molecule has 26 heavy (non-hydrogen) atoms. The molecule has 0 spiro atoms. The van der Waals surface area contributed by atoms with Crippen LogP contribution in [-0.2, 0) is 9.59 Å². The Hall–Kier alpha value is -2.57. The number of carboxylic acids is 1. The lowest BCUT2D eigenvalue weighted by atomic mass is 9.81. The summed E-state index contributed by atoms with van der Waals surface area (Å²) in [5, 5.41) is 9.69. The Morgan fingerprint density at radius 1 is 1.31 bits per heavy atom. The third kappa shape index (κ3) is 3.13. The van der Waals surface area contributed by atoms with Gasteiger partial charge in [-0.3, -0.25) is 14.4 Å². The van der Waals surface area contributed by atoms with E-state index in [0.717, 1.165) is 12.8 Å². The first-order valence-corrected chi connectivity index (χ1v) is 8.80. The molecular weight excluding hydrogens is 336 g/mol. The van der Waals surface area contributed by atoms with E-state index in [0.29, 0.717) is 24.3 Å². The Morgan fingerprint density at radius 3 is 2.69 bits per heavy atom. The second kappa shape index (κ2) is 6.97. The molecular formula is C19H24N2O5. The number of amides is 2. The van der Waals surface area contributed by atoms with E-state index in [1.54, 1.807) is 43.3 Å². The van der Waals surface area contributed by atoms with E-state index in [1.165, 1.54) is 4.90 Å². The number of carboxylic acid groups (broad SMARTS) is 1. The van der Waals surface area contributed by atoms with Crippen LogP contribution in [0.4, 0.5) is 0 Å². The van der Waals surface area contributed by atoms with E-state index >= 15 is 0 Å². The number of carbonyl (C=O) groups excluding carboxylic acids is 2. The average molecular weight is 360 g/mol. The molecule has 1 aromatic rings. The molecule has 1 aliphatic carbocycles. The van der Waals surface area contributed by atoms with Crippen molar-refractivity contribution in [3.8, 4) is 5.75 Å². The molecule has 2 fully saturated rings. The van der Waals surface area contributed by atoms with Crippen molar-refractivity contribution < 1.29 is 24.2 Å². The number of benzene rings is 1. The third-order valence-corrected chi connectivity index (χ3v) is 5.55. The molecule has 3 rings (SSSR count). The number of aliphatic carboxylic acids is 1. The van der Waals surface area contributed by atoms with Crippen LogP contribution in [0.1, 0.15) is 29.6 Å². The summed E-state index contributed by atoms with van der Waals surface area (Å²) in [6.07, 6.45) is 2.35. The maximum atomic E-state index is 13.0. The van der Waals surface area contributed by atoms with Crippen LogP contribution in [0.3, 0.4) is 0 Å². The predicted octanol–water partition coefficient (Wildman–Crippen LogP) is 1.48. The number of hydrogen-bond donors (Lipinski definition) is 1. The van der Waals surface area contributed by atoms with Crippen LogP contribution in [-0.4, -0.2) is 66.5 Å². The summed E-state index contributed by atoms with van der Waals surface area (Å²) in [4.78, 5) is 39.6. The number of rotatable bonds is 5. The predicted molar refractivity (Wildman–Crippen MR) is 93.9 cm³/mol. The summed E-state index contributed by atoms with van der Waals surface area (Å²) in [6.45, 7) is 0.534. The SMILES string of the molecule is CN(C)C(=O)COc1ccccc1C(=O)N1C[C@@H]2CCC[C@@]2(C(=O)O)C1. The molecule has 0 aromatic heterocycles. The van der Waals surface area contributed by atoms with Gasteiger partial charge in [-0.25, -0.2) is 0 Å². The molecule has 0 bridgehead atoms. The molecule has 2 atom stereocenters. The number of likely N-dealkylation sites (tertiary alicyclic amines) is 1. The zero-order valence-electron chi connectivity index (χ0n) is 15.1. The van der Waals surface area contributed by atoms with E-state index in [9.17, 15) is 19.5 Å². The van der Waals surface area contributed by atoms with E-state index in [1.807, 2.05) is 0 Å². The lowest BCUT2D eigenvalue weighted by Gasteiger charge is -2.23. The van der Waals surface area contributed by atoms with E-state index in [2.05, 4.69) is 0 Å². The molecule has 7 nitrogen and oxygen atoms in total. The molecule has 1 aliphatic heterocycles. The van der Waals surface area contributed by atoms with Gasteiger partial charge in [-0.2, -0.15) is 0 Å². The molecule has 1 saturated carbocycles. The number of hydrogen-bond acceptors (Lipinski definition) is 4. The minimum absolute atomic E-state index is 0.00680.